The number of imide groups is 1. The van der Waals surface area contributed by atoms with Crippen molar-refractivity contribution in [3.8, 4) is 5.75 Å². The fourth-order valence-electron chi connectivity index (χ4n) is 6.07. The highest BCUT2D eigenvalue weighted by molar-refractivity contribution is 6.24. The van der Waals surface area contributed by atoms with Crippen molar-refractivity contribution in [2.45, 2.75) is 25.2 Å². The number of allylic oxidation sites excluding steroid dienone is 3. The summed E-state index contributed by atoms with van der Waals surface area (Å²) < 4.78 is 5.45. The zero-order valence-electron chi connectivity index (χ0n) is 21.2. The van der Waals surface area contributed by atoms with Gasteiger partial charge in [-0.3, -0.25) is 24.1 Å². The van der Waals surface area contributed by atoms with Gasteiger partial charge in [-0.05, 0) is 42.7 Å². The fourth-order valence-corrected chi connectivity index (χ4v) is 6.07. The number of nitrogens with one attached hydrogen (secondary N) is 1. The molecule has 3 aromatic rings. The van der Waals surface area contributed by atoms with Crippen molar-refractivity contribution in [3.63, 3.8) is 0 Å². The third-order valence-electron chi connectivity index (χ3n) is 7.87. The SMILES string of the molecule is O=C(CN1C(=O)c2ccccc2C1=O)Oc1ccc(C2C3=C(CCCC3=O)NC3=C2C(=O)c2ccccc23)cc1. The van der Waals surface area contributed by atoms with Crippen LogP contribution in [-0.4, -0.2) is 40.8 Å². The lowest BCUT2D eigenvalue weighted by Gasteiger charge is -2.33. The van der Waals surface area contributed by atoms with Gasteiger partial charge >= 0.3 is 5.97 Å². The molecule has 0 spiro atoms. The van der Waals surface area contributed by atoms with E-state index in [4.69, 9.17) is 4.74 Å². The van der Waals surface area contributed by atoms with E-state index in [0.717, 1.165) is 40.3 Å². The minimum absolute atomic E-state index is 0.0190. The van der Waals surface area contributed by atoms with Crippen LogP contribution in [0.4, 0.5) is 0 Å². The minimum atomic E-state index is -0.761. The van der Waals surface area contributed by atoms with Gasteiger partial charge < -0.3 is 10.1 Å². The number of ether oxygens (including phenoxy) is 1. The molecule has 1 atom stereocenters. The zero-order valence-corrected chi connectivity index (χ0v) is 21.2. The highest BCUT2D eigenvalue weighted by Crippen LogP contribution is 2.48. The van der Waals surface area contributed by atoms with E-state index in [1.54, 1.807) is 54.6 Å². The molecule has 0 saturated carbocycles. The van der Waals surface area contributed by atoms with Crippen LogP contribution in [0, 0.1) is 0 Å². The van der Waals surface area contributed by atoms with Crippen LogP contribution in [0.25, 0.3) is 5.70 Å². The Hall–Kier alpha value is -5.11. The molecule has 196 valence electrons. The summed E-state index contributed by atoms with van der Waals surface area (Å²) in [6, 6.07) is 20.5. The zero-order chi connectivity index (χ0) is 27.5. The normalized spacial score (nSPS) is 19.3. The first kappa shape index (κ1) is 24.0. The van der Waals surface area contributed by atoms with Gasteiger partial charge in [0.25, 0.3) is 11.8 Å². The van der Waals surface area contributed by atoms with Crippen LogP contribution in [-0.2, 0) is 9.59 Å². The topological polar surface area (TPSA) is 110 Å². The van der Waals surface area contributed by atoms with Crippen LogP contribution in [0.15, 0.2) is 89.6 Å². The van der Waals surface area contributed by atoms with Crippen LogP contribution < -0.4 is 10.1 Å². The van der Waals surface area contributed by atoms with Crippen LogP contribution in [0.3, 0.4) is 0 Å². The standard InChI is InChI=1S/C32H22N2O6/c35-24-11-5-10-23-27(24)26(28-29(33-23)19-6-1-2-7-20(19)30(28)37)17-12-14-18(15-13-17)40-25(36)16-34-31(38)21-8-3-4-9-22(21)32(34)39/h1-4,6-9,12-15,26,33H,5,10-11,16H2. The maximum absolute atomic E-state index is 13.5. The van der Waals surface area contributed by atoms with Crippen LogP contribution in [0.2, 0.25) is 0 Å². The summed E-state index contributed by atoms with van der Waals surface area (Å²) in [4.78, 5) is 65.4. The Bertz CT molecular complexity index is 1710. The molecule has 2 heterocycles. The number of rotatable bonds is 4. The van der Waals surface area contributed by atoms with E-state index in [-0.39, 0.29) is 28.4 Å². The smallest absolute Gasteiger partial charge is 0.331 e. The van der Waals surface area contributed by atoms with E-state index in [9.17, 15) is 24.0 Å². The number of esters is 1. The van der Waals surface area contributed by atoms with Crippen molar-refractivity contribution in [3.05, 3.63) is 117 Å². The van der Waals surface area contributed by atoms with E-state index >= 15 is 0 Å². The highest BCUT2D eigenvalue weighted by atomic mass is 16.5. The maximum Gasteiger partial charge on any atom is 0.331 e. The number of ketones is 2. The quantitative estimate of drug-likeness (QED) is 0.306. The summed E-state index contributed by atoms with van der Waals surface area (Å²) in [5.74, 6) is -2.24. The number of carbonyl (C=O) groups excluding carboxylic acids is 5. The van der Waals surface area contributed by atoms with E-state index < -0.39 is 30.2 Å². The summed E-state index contributed by atoms with van der Waals surface area (Å²) in [6.07, 6.45) is 1.89. The van der Waals surface area contributed by atoms with E-state index in [1.165, 1.54) is 0 Å². The number of dihydropyridines is 1. The maximum atomic E-state index is 13.5. The Balaban J connectivity index is 1.15. The van der Waals surface area contributed by atoms with Crippen molar-refractivity contribution >= 4 is 35.0 Å². The molecule has 8 heteroatoms. The first-order valence-corrected chi connectivity index (χ1v) is 13.1. The third-order valence-corrected chi connectivity index (χ3v) is 7.87. The Morgan fingerprint density at radius 1 is 0.775 bits per heavy atom. The second-order valence-corrected chi connectivity index (χ2v) is 10.2. The van der Waals surface area contributed by atoms with Crippen molar-refractivity contribution in [1.29, 1.82) is 0 Å². The molecule has 0 saturated heterocycles. The Labute approximate surface area is 228 Å². The van der Waals surface area contributed by atoms with Gasteiger partial charge in [-0.1, -0.05) is 48.5 Å². The summed E-state index contributed by atoms with van der Waals surface area (Å²) in [5.41, 5.74) is 5.44. The van der Waals surface area contributed by atoms with Crippen LogP contribution in [0.1, 0.15) is 67.4 Å². The second-order valence-electron chi connectivity index (χ2n) is 10.2. The van der Waals surface area contributed by atoms with Gasteiger partial charge in [0.05, 0.1) is 16.8 Å². The van der Waals surface area contributed by atoms with E-state index in [2.05, 4.69) is 5.32 Å². The molecule has 0 aromatic heterocycles. The first-order valence-electron chi connectivity index (χ1n) is 13.1. The molecule has 40 heavy (non-hydrogen) atoms. The van der Waals surface area contributed by atoms with Gasteiger partial charge in [-0.15, -0.1) is 0 Å². The Kier molecular flexibility index (Phi) is 5.38. The Morgan fingerprint density at radius 2 is 1.40 bits per heavy atom. The minimum Gasteiger partial charge on any atom is -0.425 e. The summed E-state index contributed by atoms with van der Waals surface area (Å²) in [6.45, 7) is -0.518. The molecule has 4 aliphatic rings. The molecule has 2 aliphatic carbocycles. The molecule has 3 aromatic carbocycles. The van der Waals surface area contributed by atoms with Gasteiger partial charge in [-0.25, -0.2) is 4.79 Å². The molecule has 1 N–H and O–H groups in total. The van der Waals surface area contributed by atoms with E-state index in [0.29, 0.717) is 23.1 Å². The van der Waals surface area contributed by atoms with Crippen molar-refractivity contribution in [2.24, 2.45) is 0 Å². The molecule has 1 unspecified atom stereocenters. The first-order chi connectivity index (χ1) is 19.4. The van der Waals surface area contributed by atoms with Gasteiger partial charge in [0.2, 0.25) is 0 Å². The van der Waals surface area contributed by atoms with Crippen LogP contribution >= 0.6 is 0 Å². The highest BCUT2D eigenvalue weighted by Gasteiger charge is 2.43. The Morgan fingerprint density at radius 3 is 2.08 bits per heavy atom. The van der Waals surface area contributed by atoms with Gasteiger partial charge in [0.1, 0.15) is 12.3 Å². The average molecular weight is 531 g/mol. The number of hydrogen-bond acceptors (Lipinski definition) is 7. The lowest BCUT2D eigenvalue weighted by molar-refractivity contribution is -0.134. The number of fused-ring (bicyclic) bond motifs is 3. The molecular weight excluding hydrogens is 508 g/mol. The van der Waals surface area contributed by atoms with Crippen molar-refractivity contribution in [2.75, 3.05) is 6.54 Å². The summed E-state index contributed by atoms with van der Waals surface area (Å²) >= 11 is 0. The monoisotopic (exact) mass is 530 g/mol. The largest absolute Gasteiger partial charge is 0.425 e. The molecule has 0 fully saturated rings. The lowest BCUT2D eigenvalue weighted by atomic mass is 9.75. The number of benzene rings is 3. The summed E-state index contributed by atoms with van der Waals surface area (Å²) in [7, 11) is 0. The molecular formula is C32H22N2O6. The molecule has 2 aliphatic heterocycles. The second kappa shape index (κ2) is 8.98. The number of hydrogen-bond donors (Lipinski definition) is 1. The number of Topliss-reactive ketones (excluding diaryl/α,β-unsaturated/α-hetero) is 2. The molecule has 0 radical (unpaired) electrons. The third kappa shape index (κ3) is 3.56. The van der Waals surface area contributed by atoms with Gasteiger partial charge in [0.15, 0.2) is 11.6 Å². The average Bonchev–Trinajstić information content (AvgIpc) is 3.39. The number of amides is 2. The summed E-state index contributed by atoms with van der Waals surface area (Å²) in [5, 5.41) is 3.41. The molecule has 7 rings (SSSR count). The van der Waals surface area contributed by atoms with Crippen LogP contribution in [0.5, 0.6) is 5.75 Å². The van der Waals surface area contributed by atoms with Gasteiger partial charge in [-0.2, -0.15) is 0 Å². The van der Waals surface area contributed by atoms with Gasteiger partial charge in [0, 0.05) is 40.3 Å². The van der Waals surface area contributed by atoms with E-state index in [1.807, 2.05) is 18.2 Å². The van der Waals surface area contributed by atoms with Crippen molar-refractivity contribution < 1.29 is 28.7 Å². The number of carbonyl (C=O) groups is 5. The molecule has 2 amide bonds. The molecule has 8 nitrogen and oxygen atoms in total. The number of nitrogens with zero attached hydrogens (tertiary/aromatic N) is 1. The van der Waals surface area contributed by atoms with Crippen molar-refractivity contribution in [1.82, 2.24) is 10.2 Å². The lowest BCUT2D eigenvalue weighted by Crippen LogP contribution is -2.36. The predicted molar refractivity (Wildman–Crippen MR) is 143 cm³/mol. The molecule has 0 bridgehead atoms. The fraction of sp³-hybridized carbons (Fsp3) is 0.156. The predicted octanol–water partition coefficient (Wildman–Crippen LogP) is 4.19.